The number of nitrogens with one attached hydrogen (secondary N) is 1. The molecule has 4 rings (SSSR count). The van der Waals surface area contributed by atoms with Crippen LogP contribution in [0.3, 0.4) is 0 Å². The summed E-state index contributed by atoms with van der Waals surface area (Å²) in [5.74, 6) is -0.266. The number of hydrogen-bond acceptors (Lipinski definition) is 5. The second kappa shape index (κ2) is 6.44. The van der Waals surface area contributed by atoms with E-state index in [1.165, 1.54) is 12.1 Å². The first-order chi connectivity index (χ1) is 12.1. The molecule has 25 heavy (non-hydrogen) atoms. The molecule has 1 aromatic carbocycles. The van der Waals surface area contributed by atoms with E-state index >= 15 is 0 Å². The Labute approximate surface area is 144 Å². The van der Waals surface area contributed by atoms with Gasteiger partial charge >= 0.3 is 0 Å². The lowest BCUT2D eigenvalue weighted by Crippen LogP contribution is -2.42. The maximum atomic E-state index is 13.5. The maximum Gasteiger partial charge on any atom is 0.280 e. The van der Waals surface area contributed by atoms with E-state index < -0.39 is 5.82 Å². The lowest BCUT2D eigenvalue weighted by atomic mass is 10.1. The van der Waals surface area contributed by atoms with E-state index in [4.69, 9.17) is 4.74 Å². The molecule has 2 aliphatic heterocycles. The molecule has 2 aliphatic rings. The molecule has 1 saturated heterocycles. The quantitative estimate of drug-likeness (QED) is 0.898. The van der Waals surface area contributed by atoms with Gasteiger partial charge in [-0.3, -0.25) is 9.69 Å². The van der Waals surface area contributed by atoms with Crippen LogP contribution in [0.15, 0.2) is 24.4 Å². The molecular weight excluding hydrogens is 325 g/mol. The van der Waals surface area contributed by atoms with Crippen LogP contribution in [0.4, 0.5) is 10.1 Å². The van der Waals surface area contributed by atoms with E-state index in [1.54, 1.807) is 21.8 Å². The van der Waals surface area contributed by atoms with Crippen LogP contribution in [0.25, 0.3) is 0 Å². The molecule has 0 spiro atoms. The zero-order valence-corrected chi connectivity index (χ0v) is 14.0. The number of aromatic nitrogens is 3. The topological polar surface area (TPSA) is 72.3 Å². The molecule has 1 N–H and O–H groups in total. The minimum absolute atomic E-state index is 0.224. The SMILES string of the molecule is C[C@H]1CN(C(=O)c2cn(C3CCNCC3)nn2)c2ccc(F)cc2O1. The fourth-order valence-electron chi connectivity index (χ4n) is 3.37. The van der Waals surface area contributed by atoms with Crippen molar-refractivity contribution >= 4 is 11.6 Å². The Morgan fingerprint density at radius 3 is 2.96 bits per heavy atom. The predicted molar refractivity (Wildman–Crippen MR) is 89.3 cm³/mol. The van der Waals surface area contributed by atoms with Crippen molar-refractivity contribution in [3.05, 3.63) is 35.9 Å². The number of fused-ring (bicyclic) bond motifs is 1. The second-order valence-corrected chi connectivity index (χ2v) is 6.52. The molecule has 132 valence electrons. The molecule has 1 amide bonds. The van der Waals surface area contributed by atoms with Gasteiger partial charge in [0.05, 0.1) is 24.5 Å². The van der Waals surface area contributed by atoms with E-state index in [-0.39, 0.29) is 18.1 Å². The summed E-state index contributed by atoms with van der Waals surface area (Å²) in [6.07, 6.45) is 3.42. The summed E-state index contributed by atoms with van der Waals surface area (Å²) in [4.78, 5) is 14.5. The Hall–Kier alpha value is -2.48. The van der Waals surface area contributed by atoms with Crippen LogP contribution in [0.1, 0.15) is 36.3 Å². The maximum absolute atomic E-state index is 13.5. The minimum atomic E-state index is -0.392. The van der Waals surface area contributed by atoms with Crippen molar-refractivity contribution < 1.29 is 13.9 Å². The van der Waals surface area contributed by atoms with Gasteiger partial charge < -0.3 is 10.1 Å². The summed E-state index contributed by atoms with van der Waals surface area (Å²) >= 11 is 0. The number of anilines is 1. The summed E-state index contributed by atoms with van der Waals surface area (Å²) in [6, 6.07) is 4.45. The van der Waals surface area contributed by atoms with E-state index in [0.29, 0.717) is 23.7 Å². The number of halogens is 1. The van der Waals surface area contributed by atoms with Crippen molar-refractivity contribution in [2.45, 2.75) is 31.9 Å². The highest BCUT2D eigenvalue weighted by Crippen LogP contribution is 2.34. The summed E-state index contributed by atoms with van der Waals surface area (Å²) < 4.78 is 20.9. The van der Waals surface area contributed by atoms with E-state index in [1.807, 2.05) is 6.92 Å². The van der Waals surface area contributed by atoms with Gasteiger partial charge in [0.25, 0.3) is 5.91 Å². The monoisotopic (exact) mass is 345 g/mol. The Morgan fingerprint density at radius 2 is 2.16 bits per heavy atom. The second-order valence-electron chi connectivity index (χ2n) is 6.52. The molecule has 0 aliphatic carbocycles. The number of piperidine rings is 1. The predicted octanol–water partition coefficient (Wildman–Crippen LogP) is 1.77. The first-order valence-electron chi connectivity index (χ1n) is 8.52. The van der Waals surface area contributed by atoms with Crippen molar-refractivity contribution in [3.8, 4) is 5.75 Å². The van der Waals surface area contributed by atoms with Gasteiger partial charge in [0.15, 0.2) is 5.69 Å². The highest BCUT2D eigenvalue weighted by Gasteiger charge is 2.30. The fraction of sp³-hybridized carbons (Fsp3) is 0.471. The van der Waals surface area contributed by atoms with E-state index in [0.717, 1.165) is 25.9 Å². The molecule has 0 radical (unpaired) electrons. The van der Waals surface area contributed by atoms with Gasteiger partial charge in [-0.2, -0.15) is 0 Å². The van der Waals surface area contributed by atoms with Crippen LogP contribution in [0.2, 0.25) is 0 Å². The van der Waals surface area contributed by atoms with Gasteiger partial charge in [0.1, 0.15) is 17.7 Å². The lowest BCUT2D eigenvalue weighted by Gasteiger charge is -2.32. The third kappa shape index (κ3) is 3.09. The van der Waals surface area contributed by atoms with Gasteiger partial charge in [-0.05, 0) is 45.0 Å². The number of ether oxygens (including phenoxy) is 1. The molecule has 1 fully saturated rings. The van der Waals surface area contributed by atoms with Crippen LogP contribution in [-0.2, 0) is 0 Å². The highest BCUT2D eigenvalue weighted by atomic mass is 19.1. The third-order valence-corrected chi connectivity index (χ3v) is 4.64. The number of hydrogen-bond donors (Lipinski definition) is 1. The van der Waals surface area contributed by atoms with Gasteiger partial charge in [0, 0.05) is 6.07 Å². The normalized spacial score (nSPS) is 20.9. The minimum Gasteiger partial charge on any atom is -0.487 e. The van der Waals surface area contributed by atoms with Crippen LogP contribution >= 0.6 is 0 Å². The summed E-state index contributed by atoms with van der Waals surface area (Å²) in [6.45, 7) is 4.11. The number of nitrogens with zero attached hydrogens (tertiary/aromatic N) is 4. The molecule has 8 heteroatoms. The van der Waals surface area contributed by atoms with Crippen molar-refractivity contribution in [2.24, 2.45) is 0 Å². The Balaban J connectivity index is 1.60. The van der Waals surface area contributed by atoms with Gasteiger partial charge in [0.2, 0.25) is 0 Å². The lowest BCUT2D eigenvalue weighted by molar-refractivity contribution is 0.0956. The first kappa shape index (κ1) is 16.0. The zero-order valence-electron chi connectivity index (χ0n) is 14.0. The third-order valence-electron chi connectivity index (χ3n) is 4.64. The number of benzene rings is 1. The number of rotatable bonds is 2. The van der Waals surface area contributed by atoms with Crippen molar-refractivity contribution in [3.63, 3.8) is 0 Å². The van der Waals surface area contributed by atoms with Gasteiger partial charge in [-0.25, -0.2) is 9.07 Å². The zero-order chi connectivity index (χ0) is 17.4. The standard InChI is InChI=1S/C17H20FN5O2/c1-11-9-22(15-3-2-12(18)8-16(15)25-11)17(24)14-10-23(21-20-14)13-4-6-19-7-5-13/h2-3,8,10-11,13,19H,4-7,9H2,1H3/t11-/m0/s1. The van der Waals surface area contributed by atoms with Crippen molar-refractivity contribution in [1.29, 1.82) is 0 Å². The fourth-order valence-corrected chi connectivity index (χ4v) is 3.37. The molecule has 2 aromatic rings. The summed E-state index contributed by atoms with van der Waals surface area (Å²) in [5, 5.41) is 11.5. The van der Waals surface area contributed by atoms with Crippen molar-refractivity contribution in [2.75, 3.05) is 24.5 Å². The summed E-state index contributed by atoms with van der Waals surface area (Å²) in [5.41, 5.74) is 0.851. The van der Waals surface area contributed by atoms with Crippen LogP contribution in [0.5, 0.6) is 5.75 Å². The molecule has 7 nitrogen and oxygen atoms in total. The average molecular weight is 345 g/mol. The Bertz CT molecular complexity index is 787. The number of amides is 1. The van der Waals surface area contributed by atoms with Gasteiger partial charge in [-0.1, -0.05) is 5.21 Å². The first-order valence-corrected chi connectivity index (χ1v) is 8.52. The van der Waals surface area contributed by atoms with Crippen LogP contribution in [-0.4, -0.2) is 46.6 Å². The molecule has 0 unspecified atom stereocenters. The molecular formula is C17H20FN5O2. The molecule has 3 heterocycles. The smallest absolute Gasteiger partial charge is 0.280 e. The van der Waals surface area contributed by atoms with Crippen LogP contribution < -0.4 is 15.0 Å². The molecule has 1 atom stereocenters. The average Bonchev–Trinajstić information content (AvgIpc) is 3.11. The van der Waals surface area contributed by atoms with Gasteiger partial charge in [-0.15, -0.1) is 5.10 Å². The highest BCUT2D eigenvalue weighted by molar-refractivity contribution is 6.05. The number of carbonyl (C=O) groups is 1. The van der Waals surface area contributed by atoms with Crippen molar-refractivity contribution in [1.82, 2.24) is 20.3 Å². The van der Waals surface area contributed by atoms with E-state index in [2.05, 4.69) is 15.6 Å². The largest absolute Gasteiger partial charge is 0.487 e. The molecule has 0 saturated carbocycles. The molecule has 1 aromatic heterocycles. The van der Waals surface area contributed by atoms with E-state index in [9.17, 15) is 9.18 Å². The van der Waals surface area contributed by atoms with Crippen LogP contribution in [0, 0.1) is 5.82 Å². The Morgan fingerprint density at radius 1 is 1.36 bits per heavy atom. The number of carbonyl (C=O) groups excluding carboxylic acids is 1. The Kier molecular flexibility index (Phi) is 4.12. The molecule has 0 bridgehead atoms. The summed E-state index contributed by atoms with van der Waals surface area (Å²) in [7, 11) is 0.